The number of aromatic nitrogens is 5. The van der Waals surface area contributed by atoms with Gasteiger partial charge in [0.1, 0.15) is 0 Å². The molecule has 0 aromatic carbocycles. The lowest BCUT2D eigenvalue weighted by Gasteiger charge is -1.82. The first-order valence-electron chi connectivity index (χ1n) is 2.44. The van der Waals surface area contributed by atoms with Crippen LogP contribution >= 0.6 is 0 Å². The Kier molecular flexibility index (Phi) is 0.717. The summed E-state index contributed by atoms with van der Waals surface area (Å²) in [6.07, 6.45) is 4.70. The zero-order valence-electron chi connectivity index (χ0n) is 4.47. The molecule has 5 nitrogen and oxygen atoms in total. The zero-order chi connectivity index (χ0) is 6.10. The first-order chi connectivity index (χ1) is 4.47. The maximum Gasteiger partial charge on any atom is 0.196 e. The Morgan fingerprint density at radius 3 is 3.22 bits per heavy atom. The Morgan fingerprint density at radius 2 is 2.33 bits per heavy atom. The summed E-state index contributed by atoms with van der Waals surface area (Å²) in [4.78, 5) is 3.92. The minimum absolute atomic E-state index is 0.664. The molecule has 0 unspecified atom stereocenters. The third-order valence-electron chi connectivity index (χ3n) is 0.964. The molecule has 0 aliphatic rings. The van der Waals surface area contributed by atoms with E-state index in [1.807, 2.05) is 0 Å². The van der Waals surface area contributed by atoms with Crippen LogP contribution < -0.4 is 0 Å². The van der Waals surface area contributed by atoms with Crippen LogP contribution in [0.4, 0.5) is 0 Å². The van der Waals surface area contributed by atoms with Gasteiger partial charge in [-0.2, -0.15) is 5.10 Å². The van der Waals surface area contributed by atoms with E-state index in [0.29, 0.717) is 5.65 Å². The summed E-state index contributed by atoms with van der Waals surface area (Å²) in [6.45, 7) is 0. The van der Waals surface area contributed by atoms with Crippen molar-refractivity contribution in [2.24, 2.45) is 0 Å². The zero-order valence-corrected chi connectivity index (χ0v) is 4.47. The van der Waals surface area contributed by atoms with Crippen molar-refractivity contribution in [3.05, 3.63) is 18.6 Å². The quantitative estimate of drug-likeness (QED) is 0.472. The highest BCUT2D eigenvalue weighted by atomic mass is 15.5. The predicted octanol–water partition coefficient (Wildman–Crippen LogP) is -0.481. The molecule has 2 aromatic rings. The number of hydrogen-bond acceptors (Lipinski definition) is 4. The fourth-order valence-corrected chi connectivity index (χ4v) is 0.594. The van der Waals surface area contributed by atoms with Gasteiger partial charge in [-0.1, -0.05) is 0 Å². The smallest absolute Gasteiger partial charge is 0.196 e. The van der Waals surface area contributed by atoms with Gasteiger partial charge in [0, 0.05) is 6.20 Å². The van der Waals surface area contributed by atoms with E-state index in [-0.39, 0.29) is 0 Å². The highest BCUT2D eigenvalue weighted by Gasteiger charge is 1.90. The van der Waals surface area contributed by atoms with Crippen molar-refractivity contribution in [3.63, 3.8) is 0 Å². The van der Waals surface area contributed by atoms with Crippen LogP contribution in [0, 0.1) is 0 Å². The molecule has 9 heavy (non-hydrogen) atoms. The number of fused-ring (bicyclic) bond motifs is 1. The molecule has 0 amide bonds. The van der Waals surface area contributed by atoms with Crippen LogP contribution in [0.1, 0.15) is 0 Å². The lowest BCUT2D eigenvalue weighted by atomic mass is 10.8. The molecular weight excluding hydrogens is 118 g/mol. The monoisotopic (exact) mass is 121 g/mol. The summed E-state index contributed by atoms with van der Waals surface area (Å²) >= 11 is 0. The summed E-state index contributed by atoms with van der Waals surface area (Å²) in [5.74, 6) is 0. The van der Waals surface area contributed by atoms with Crippen molar-refractivity contribution in [2.75, 3.05) is 0 Å². The molecule has 0 atom stereocenters. The number of hydrogen-bond donors (Lipinski definition) is 0. The first-order valence-corrected chi connectivity index (χ1v) is 2.44. The van der Waals surface area contributed by atoms with E-state index in [1.54, 1.807) is 18.6 Å². The Balaban J connectivity index is 2.95. The second-order valence-corrected chi connectivity index (χ2v) is 1.52. The van der Waals surface area contributed by atoms with Crippen molar-refractivity contribution in [1.82, 2.24) is 25.0 Å². The maximum absolute atomic E-state index is 3.92. The van der Waals surface area contributed by atoms with Gasteiger partial charge in [-0.15, -0.1) is 9.73 Å². The van der Waals surface area contributed by atoms with Gasteiger partial charge in [-0.3, -0.25) is 0 Å². The fourth-order valence-electron chi connectivity index (χ4n) is 0.594. The minimum atomic E-state index is 0.664. The Morgan fingerprint density at radius 1 is 1.33 bits per heavy atom. The van der Waals surface area contributed by atoms with Gasteiger partial charge >= 0.3 is 0 Å². The van der Waals surface area contributed by atoms with Crippen molar-refractivity contribution < 1.29 is 0 Å². The van der Waals surface area contributed by atoms with Gasteiger partial charge in [-0.05, 0) is 5.21 Å². The lowest BCUT2D eigenvalue weighted by Crippen LogP contribution is -1.92. The van der Waals surface area contributed by atoms with E-state index in [0.717, 1.165) is 0 Å². The normalized spacial score (nSPS) is 10.2. The molecule has 0 saturated carbocycles. The van der Waals surface area contributed by atoms with Gasteiger partial charge in [0.15, 0.2) is 5.65 Å². The predicted molar refractivity (Wildman–Crippen MR) is 28.6 cm³/mol. The molecular formula is C4H3N5. The topological polar surface area (TPSA) is 56.0 Å². The van der Waals surface area contributed by atoms with Gasteiger partial charge in [0.25, 0.3) is 0 Å². The molecule has 0 spiro atoms. The fraction of sp³-hybridized carbons (Fsp3) is 0. The van der Waals surface area contributed by atoms with Crippen molar-refractivity contribution in [2.45, 2.75) is 0 Å². The van der Waals surface area contributed by atoms with E-state index in [2.05, 4.69) is 20.4 Å². The molecule has 0 aliphatic heterocycles. The SMILES string of the molecule is c1cnn2nncc2n1. The van der Waals surface area contributed by atoms with E-state index < -0.39 is 0 Å². The van der Waals surface area contributed by atoms with Gasteiger partial charge < -0.3 is 0 Å². The van der Waals surface area contributed by atoms with Gasteiger partial charge in [-0.25, -0.2) is 4.98 Å². The third-order valence-corrected chi connectivity index (χ3v) is 0.964. The van der Waals surface area contributed by atoms with Crippen molar-refractivity contribution in [1.29, 1.82) is 0 Å². The average molecular weight is 121 g/mol. The van der Waals surface area contributed by atoms with E-state index in [1.165, 1.54) is 4.63 Å². The summed E-state index contributed by atoms with van der Waals surface area (Å²) < 4.78 is 1.36. The number of rotatable bonds is 0. The average Bonchev–Trinajstić information content (AvgIpc) is 2.33. The largest absolute Gasteiger partial charge is 0.232 e. The molecule has 0 N–H and O–H groups in total. The second kappa shape index (κ2) is 1.48. The van der Waals surface area contributed by atoms with Crippen molar-refractivity contribution in [3.8, 4) is 0 Å². The van der Waals surface area contributed by atoms with Crippen LogP contribution in [0.2, 0.25) is 0 Å². The Labute approximate surface area is 50.3 Å². The van der Waals surface area contributed by atoms with Crippen molar-refractivity contribution >= 4 is 5.65 Å². The lowest BCUT2D eigenvalue weighted by molar-refractivity contribution is 0.732. The highest BCUT2D eigenvalue weighted by Crippen LogP contribution is 1.86. The molecule has 0 saturated heterocycles. The standard InChI is InChI=1S/C4H3N5/c1-2-7-9-4(5-1)3-6-8-9/h1-3H. The van der Waals surface area contributed by atoms with Crippen LogP contribution in [0.25, 0.3) is 5.65 Å². The van der Waals surface area contributed by atoms with Crippen LogP contribution in [0.15, 0.2) is 18.6 Å². The van der Waals surface area contributed by atoms with E-state index >= 15 is 0 Å². The van der Waals surface area contributed by atoms with Crippen LogP contribution in [-0.4, -0.2) is 25.0 Å². The van der Waals surface area contributed by atoms with E-state index in [4.69, 9.17) is 0 Å². The molecule has 2 heterocycles. The molecule has 0 bridgehead atoms. The molecule has 2 aromatic heterocycles. The Bertz CT molecular complexity index is 283. The van der Waals surface area contributed by atoms with E-state index in [9.17, 15) is 0 Å². The molecule has 44 valence electrons. The van der Waals surface area contributed by atoms with Crippen LogP contribution in [0.5, 0.6) is 0 Å². The van der Waals surface area contributed by atoms with Crippen LogP contribution in [0.3, 0.4) is 0 Å². The second-order valence-electron chi connectivity index (χ2n) is 1.52. The molecule has 2 rings (SSSR count). The third kappa shape index (κ3) is 0.543. The molecule has 5 heteroatoms. The van der Waals surface area contributed by atoms with Gasteiger partial charge in [0.05, 0.1) is 12.4 Å². The summed E-state index contributed by atoms with van der Waals surface area (Å²) in [6, 6.07) is 0. The molecule has 0 radical (unpaired) electrons. The Hall–Kier alpha value is -1.52. The first kappa shape index (κ1) is 4.37. The summed E-state index contributed by atoms with van der Waals surface area (Å²) in [7, 11) is 0. The molecule has 0 fully saturated rings. The van der Waals surface area contributed by atoms with Gasteiger partial charge in [0.2, 0.25) is 0 Å². The van der Waals surface area contributed by atoms with Crippen LogP contribution in [-0.2, 0) is 0 Å². The summed E-state index contributed by atoms with van der Waals surface area (Å²) in [5, 5.41) is 11.0. The summed E-state index contributed by atoms with van der Waals surface area (Å²) in [5.41, 5.74) is 0.664. The number of nitrogens with zero attached hydrogens (tertiary/aromatic N) is 5. The molecule has 0 aliphatic carbocycles. The minimum Gasteiger partial charge on any atom is -0.232 e. The maximum atomic E-state index is 3.92. The highest BCUT2D eigenvalue weighted by molar-refractivity contribution is 5.28.